The van der Waals surface area contributed by atoms with E-state index in [-0.39, 0.29) is 18.4 Å². The molecule has 0 aliphatic carbocycles. The number of aliphatic carboxylic acids is 1. The van der Waals surface area contributed by atoms with E-state index >= 15 is 0 Å². The molecule has 7 heteroatoms. The zero-order chi connectivity index (χ0) is 16.6. The van der Waals surface area contributed by atoms with Crippen LogP contribution in [-0.4, -0.2) is 47.4 Å². The van der Waals surface area contributed by atoms with Crippen LogP contribution in [0.1, 0.15) is 12.8 Å². The summed E-state index contributed by atoms with van der Waals surface area (Å²) < 4.78 is 0. The monoisotopic (exact) mass is 336 g/mol. The largest absolute Gasteiger partial charge is 0.481 e. The van der Waals surface area contributed by atoms with Crippen LogP contribution in [0.5, 0.6) is 0 Å². The van der Waals surface area contributed by atoms with Gasteiger partial charge in [-0.1, -0.05) is 11.6 Å². The van der Waals surface area contributed by atoms with Gasteiger partial charge in [0.25, 0.3) is 0 Å². The maximum atomic E-state index is 12.5. The van der Waals surface area contributed by atoms with Crippen LogP contribution < -0.4 is 4.90 Å². The fraction of sp³-hybridized carbons (Fsp3) is 0.438. The van der Waals surface area contributed by atoms with Crippen molar-refractivity contribution in [3.8, 4) is 0 Å². The van der Waals surface area contributed by atoms with Crippen molar-refractivity contribution in [1.82, 2.24) is 4.90 Å². The number of rotatable bonds is 3. The Labute approximate surface area is 138 Å². The summed E-state index contributed by atoms with van der Waals surface area (Å²) >= 11 is 5.85. The fourth-order valence-corrected chi connectivity index (χ4v) is 3.29. The first-order valence-corrected chi connectivity index (χ1v) is 7.93. The first-order valence-electron chi connectivity index (χ1n) is 7.56. The Morgan fingerprint density at radius 1 is 1.13 bits per heavy atom. The summed E-state index contributed by atoms with van der Waals surface area (Å²) in [5.74, 6) is -2.60. The van der Waals surface area contributed by atoms with E-state index < -0.39 is 17.8 Å². The van der Waals surface area contributed by atoms with E-state index in [9.17, 15) is 14.4 Å². The van der Waals surface area contributed by atoms with Gasteiger partial charge in [-0.2, -0.15) is 0 Å². The molecule has 0 aromatic heterocycles. The van der Waals surface area contributed by atoms with Crippen LogP contribution in [0.3, 0.4) is 0 Å². The van der Waals surface area contributed by atoms with Gasteiger partial charge in [0, 0.05) is 30.3 Å². The Balaban J connectivity index is 1.68. The third kappa shape index (κ3) is 3.03. The van der Waals surface area contributed by atoms with Gasteiger partial charge in [-0.05, 0) is 37.1 Å². The zero-order valence-corrected chi connectivity index (χ0v) is 13.2. The van der Waals surface area contributed by atoms with Crippen LogP contribution in [0.25, 0.3) is 0 Å². The third-order valence-electron chi connectivity index (χ3n) is 4.49. The molecule has 1 N–H and O–H groups in total. The Bertz CT molecular complexity index is 646. The number of anilines is 1. The summed E-state index contributed by atoms with van der Waals surface area (Å²) in [6.07, 6.45) is 0.900. The topological polar surface area (TPSA) is 77.9 Å². The molecule has 0 bridgehead atoms. The summed E-state index contributed by atoms with van der Waals surface area (Å²) in [6, 6.07) is 6.92. The highest BCUT2D eigenvalue weighted by atomic mass is 35.5. The lowest BCUT2D eigenvalue weighted by molar-refractivity contribution is -0.142. The van der Waals surface area contributed by atoms with Crippen LogP contribution in [0.2, 0.25) is 5.02 Å². The minimum Gasteiger partial charge on any atom is -0.481 e. The predicted molar refractivity (Wildman–Crippen MR) is 84.2 cm³/mol. The summed E-state index contributed by atoms with van der Waals surface area (Å²) in [7, 11) is 0. The molecule has 2 atom stereocenters. The molecule has 1 aromatic carbocycles. The maximum Gasteiger partial charge on any atom is 0.308 e. The Hall–Kier alpha value is -2.08. The minimum atomic E-state index is -0.888. The number of benzene rings is 1. The van der Waals surface area contributed by atoms with Gasteiger partial charge in [0.05, 0.1) is 5.92 Å². The number of carbonyl (C=O) groups is 3. The molecule has 2 amide bonds. The molecule has 1 aromatic rings. The van der Waals surface area contributed by atoms with E-state index in [1.54, 1.807) is 29.2 Å². The van der Waals surface area contributed by atoms with Crippen LogP contribution >= 0.6 is 11.6 Å². The number of hydrogen-bond acceptors (Lipinski definition) is 3. The molecule has 2 fully saturated rings. The molecule has 2 heterocycles. The fourth-order valence-electron chi connectivity index (χ4n) is 3.17. The second kappa shape index (κ2) is 6.20. The lowest BCUT2D eigenvalue weighted by atomic mass is 10.1. The number of likely N-dealkylation sites (tertiary alicyclic amines) is 1. The van der Waals surface area contributed by atoms with Crippen molar-refractivity contribution < 1.29 is 19.5 Å². The smallest absolute Gasteiger partial charge is 0.308 e. The summed E-state index contributed by atoms with van der Waals surface area (Å²) in [5, 5.41) is 9.61. The van der Waals surface area contributed by atoms with Crippen LogP contribution in [0.15, 0.2) is 24.3 Å². The molecule has 122 valence electrons. The van der Waals surface area contributed by atoms with Crippen molar-refractivity contribution in [3.05, 3.63) is 29.3 Å². The van der Waals surface area contributed by atoms with E-state index in [4.69, 9.17) is 16.7 Å². The first kappa shape index (κ1) is 15.8. The highest BCUT2D eigenvalue weighted by molar-refractivity contribution is 6.30. The highest BCUT2D eigenvalue weighted by Crippen LogP contribution is 2.29. The number of nitrogens with zero attached hydrogens (tertiary/aromatic N) is 2. The van der Waals surface area contributed by atoms with Crippen LogP contribution in [0, 0.1) is 11.8 Å². The maximum absolute atomic E-state index is 12.5. The van der Waals surface area contributed by atoms with Gasteiger partial charge in [-0.15, -0.1) is 0 Å². The minimum absolute atomic E-state index is 0.193. The summed E-state index contributed by atoms with van der Waals surface area (Å²) in [5.41, 5.74) is 0.722. The van der Waals surface area contributed by atoms with Crippen molar-refractivity contribution in [1.29, 1.82) is 0 Å². The van der Waals surface area contributed by atoms with E-state index in [1.807, 2.05) is 0 Å². The van der Waals surface area contributed by atoms with Crippen molar-refractivity contribution in [2.45, 2.75) is 12.8 Å². The van der Waals surface area contributed by atoms with Gasteiger partial charge in [-0.3, -0.25) is 14.4 Å². The average Bonchev–Trinajstić information content (AvgIpc) is 3.15. The predicted octanol–water partition coefficient (Wildman–Crippen LogP) is 1.63. The number of carboxylic acids is 1. The van der Waals surface area contributed by atoms with Gasteiger partial charge in [-0.25, -0.2) is 0 Å². The molecule has 0 saturated carbocycles. The molecular formula is C16H17ClN2O4. The molecule has 2 aliphatic rings. The second-order valence-corrected chi connectivity index (χ2v) is 6.35. The molecule has 23 heavy (non-hydrogen) atoms. The zero-order valence-electron chi connectivity index (χ0n) is 12.4. The van der Waals surface area contributed by atoms with E-state index in [1.165, 1.54) is 4.90 Å². The van der Waals surface area contributed by atoms with E-state index in [2.05, 4.69) is 0 Å². The SMILES string of the molecule is O=C(O)[C@@H]1CCN(C(=O)[C@H]2CCN(c3ccc(Cl)cc3)C2=O)C1. The number of hydrogen-bond donors (Lipinski definition) is 1. The molecule has 3 rings (SSSR count). The van der Waals surface area contributed by atoms with Gasteiger partial charge in [0.1, 0.15) is 5.92 Å². The number of carbonyl (C=O) groups excluding carboxylic acids is 2. The van der Waals surface area contributed by atoms with Gasteiger partial charge in [0.2, 0.25) is 11.8 Å². The Kier molecular flexibility index (Phi) is 4.26. The lowest BCUT2D eigenvalue weighted by Gasteiger charge is -2.20. The van der Waals surface area contributed by atoms with Crippen molar-refractivity contribution >= 4 is 35.1 Å². The Morgan fingerprint density at radius 2 is 1.83 bits per heavy atom. The third-order valence-corrected chi connectivity index (χ3v) is 4.74. The Morgan fingerprint density at radius 3 is 2.43 bits per heavy atom. The number of amides is 2. The quantitative estimate of drug-likeness (QED) is 0.851. The van der Waals surface area contributed by atoms with Gasteiger partial charge < -0.3 is 14.9 Å². The molecule has 2 saturated heterocycles. The van der Waals surface area contributed by atoms with Crippen LogP contribution in [0.4, 0.5) is 5.69 Å². The summed E-state index contributed by atoms with van der Waals surface area (Å²) in [4.78, 5) is 39.1. The van der Waals surface area contributed by atoms with E-state index in [0.717, 1.165) is 5.69 Å². The summed E-state index contributed by atoms with van der Waals surface area (Å²) in [6.45, 7) is 1.08. The first-order chi connectivity index (χ1) is 11.0. The molecule has 2 aliphatic heterocycles. The van der Waals surface area contributed by atoms with Crippen molar-refractivity contribution in [2.24, 2.45) is 11.8 Å². The molecule has 0 radical (unpaired) electrons. The van der Waals surface area contributed by atoms with Crippen molar-refractivity contribution in [3.63, 3.8) is 0 Å². The molecule has 0 unspecified atom stereocenters. The lowest BCUT2D eigenvalue weighted by Crippen LogP contribution is -2.39. The average molecular weight is 337 g/mol. The van der Waals surface area contributed by atoms with Crippen LogP contribution in [-0.2, 0) is 14.4 Å². The van der Waals surface area contributed by atoms with Gasteiger partial charge in [0.15, 0.2) is 0 Å². The van der Waals surface area contributed by atoms with Crippen molar-refractivity contribution in [2.75, 3.05) is 24.5 Å². The number of halogens is 1. The molecular weight excluding hydrogens is 320 g/mol. The second-order valence-electron chi connectivity index (χ2n) is 5.92. The van der Waals surface area contributed by atoms with Gasteiger partial charge >= 0.3 is 5.97 Å². The standard InChI is InChI=1S/C16H17ClN2O4/c17-11-1-3-12(4-2-11)19-8-6-13(15(19)21)14(20)18-7-5-10(9-18)16(22)23/h1-4,10,13H,5-9H2,(H,22,23)/t10-,13-/m1/s1. The van der Waals surface area contributed by atoms with E-state index in [0.29, 0.717) is 31.0 Å². The molecule has 0 spiro atoms. The molecule has 6 nitrogen and oxygen atoms in total. The normalized spacial score (nSPS) is 24.3. The number of carboxylic acid groups (broad SMARTS) is 1. The highest BCUT2D eigenvalue weighted by Gasteiger charge is 2.42.